The number of fused-ring (bicyclic) bond motifs is 6. The number of benzene rings is 2. The Balaban J connectivity index is 1.48. The van der Waals surface area contributed by atoms with E-state index in [2.05, 4.69) is 70.5 Å². The third kappa shape index (κ3) is 3.41. The van der Waals surface area contributed by atoms with E-state index in [1.165, 1.54) is 22.3 Å². The van der Waals surface area contributed by atoms with Crippen LogP contribution in [0.1, 0.15) is 22.3 Å². The Kier molecular flexibility index (Phi) is 4.48. The van der Waals surface area contributed by atoms with Crippen LogP contribution in [-0.2, 0) is 25.4 Å². The molecule has 3 aliphatic heterocycles. The molecule has 0 aliphatic carbocycles. The van der Waals surface area contributed by atoms with Crippen molar-refractivity contribution in [3.63, 3.8) is 0 Å². The van der Waals surface area contributed by atoms with Crippen molar-refractivity contribution in [2.75, 3.05) is 12.6 Å². The minimum Gasteiger partial charge on any atom is -0.288 e. The van der Waals surface area contributed by atoms with E-state index in [1.807, 2.05) is 0 Å². The van der Waals surface area contributed by atoms with Crippen LogP contribution in [0.4, 0.5) is 0 Å². The monoisotopic (exact) mass is 380 g/mol. The van der Waals surface area contributed by atoms with Crippen molar-refractivity contribution < 1.29 is 0 Å². The van der Waals surface area contributed by atoms with Crippen LogP contribution in [0, 0.1) is 0 Å². The van der Waals surface area contributed by atoms with Crippen molar-refractivity contribution >= 4 is 27.8 Å². The predicted octanol–water partition coefficient (Wildman–Crippen LogP) is 4.80. The first-order valence-corrected chi connectivity index (χ1v) is 12.6. The molecule has 0 saturated heterocycles. The van der Waals surface area contributed by atoms with Crippen molar-refractivity contribution in [2.45, 2.75) is 25.4 Å². The highest BCUT2D eigenvalue weighted by Crippen LogP contribution is 2.46. The van der Waals surface area contributed by atoms with Gasteiger partial charge in [-0.15, -0.1) is 0 Å². The maximum absolute atomic E-state index is 4.73. The lowest BCUT2D eigenvalue weighted by Gasteiger charge is -2.22. The lowest BCUT2D eigenvalue weighted by atomic mass is 10.1. The molecule has 2 aromatic carbocycles. The summed E-state index contributed by atoms with van der Waals surface area (Å²) in [5.41, 5.74) is 5.79. The van der Waals surface area contributed by atoms with Crippen molar-refractivity contribution in [3.05, 3.63) is 70.8 Å². The third-order valence-corrected chi connectivity index (χ3v) is 8.87. The molecule has 132 valence electrons. The van der Waals surface area contributed by atoms with Crippen molar-refractivity contribution in [3.8, 4) is 0 Å². The molecule has 0 aromatic heterocycles. The topological polar surface area (TPSA) is 31.2 Å². The Morgan fingerprint density at radius 3 is 1.50 bits per heavy atom. The van der Waals surface area contributed by atoms with Crippen LogP contribution in [0.25, 0.3) is 0 Å². The fourth-order valence-electron chi connectivity index (χ4n) is 3.78. The molecular formula is C20H22N4P2. The van der Waals surface area contributed by atoms with E-state index >= 15 is 0 Å². The number of hydrogen-bond donors (Lipinski definition) is 0. The summed E-state index contributed by atoms with van der Waals surface area (Å²) in [5, 5.41) is 14.0. The van der Waals surface area contributed by atoms with Gasteiger partial charge < -0.3 is 0 Å². The van der Waals surface area contributed by atoms with Crippen LogP contribution in [0.3, 0.4) is 0 Å². The molecule has 0 N–H and O–H groups in total. The Morgan fingerprint density at radius 2 is 1.04 bits per heavy atom. The van der Waals surface area contributed by atoms with Crippen LogP contribution in [0.5, 0.6) is 0 Å². The predicted molar refractivity (Wildman–Crippen MR) is 112 cm³/mol. The lowest BCUT2D eigenvalue weighted by molar-refractivity contribution is 0.320. The Bertz CT molecular complexity index is 729. The molecule has 0 saturated carbocycles. The summed E-state index contributed by atoms with van der Waals surface area (Å²) in [4.78, 5) is 0. The molecule has 26 heavy (non-hydrogen) atoms. The Hall–Kier alpha value is -1.76. The van der Waals surface area contributed by atoms with Gasteiger partial charge in [0.25, 0.3) is 0 Å². The SMILES string of the molecule is C1=NN2Cc3ccccc3CN3CP(C=N3)Cc3ccccc3CP1C2. The van der Waals surface area contributed by atoms with Gasteiger partial charge in [-0.25, -0.2) is 0 Å². The van der Waals surface area contributed by atoms with Gasteiger partial charge in [-0.2, -0.15) is 10.2 Å². The Morgan fingerprint density at radius 1 is 0.615 bits per heavy atom. The molecule has 2 aromatic rings. The molecule has 3 heterocycles. The van der Waals surface area contributed by atoms with E-state index in [4.69, 9.17) is 10.2 Å². The zero-order valence-corrected chi connectivity index (χ0v) is 16.5. The second-order valence-electron chi connectivity index (χ2n) is 7.11. The molecule has 4 bridgehead atoms. The van der Waals surface area contributed by atoms with E-state index in [0.29, 0.717) is 0 Å². The fraction of sp³-hybridized carbons (Fsp3) is 0.300. The van der Waals surface area contributed by atoms with E-state index in [9.17, 15) is 0 Å². The quantitative estimate of drug-likeness (QED) is 0.615. The van der Waals surface area contributed by atoms with E-state index in [0.717, 1.165) is 38.0 Å². The van der Waals surface area contributed by atoms with E-state index < -0.39 is 0 Å². The normalized spacial score (nSPS) is 24.3. The van der Waals surface area contributed by atoms with Crippen LogP contribution in [0.15, 0.2) is 58.7 Å². The van der Waals surface area contributed by atoms with Gasteiger partial charge in [0, 0.05) is 11.9 Å². The van der Waals surface area contributed by atoms with Gasteiger partial charge in [0.05, 0.1) is 25.7 Å². The molecule has 5 rings (SSSR count). The second-order valence-corrected chi connectivity index (χ2v) is 11.1. The summed E-state index contributed by atoms with van der Waals surface area (Å²) in [7, 11) is -0.381. The lowest BCUT2D eigenvalue weighted by Crippen LogP contribution is -2.18. The highest BCUT2D eigenvalue weighted by molar-refractivity contribution is 7.72. The van der Waals surface area contributed by atoms with Crippen LogP contribution in [0.2, 0.25) is 0 Å². The minimum absolute atomic E-state index is 0.190. The molecule has 2 atom stereocenters. The van der Waals surface area contributed by atoms with Gasteiger partial charge in [-0.3, -0.25) is 10.0 Å². The van der Waals surface area contributed by atoms with Crippen LogP contribution >= 0.6 is 15.8 Å². The number of nitrogens with zero attached hydrogens (tertiary/aromatic N) is 4. The molecule has 0 amide bonds. The van der Waals surface area contributed by atoms with E-state index in [-0.39, 0.29) is 15.8 Å². The summed E-state index contributed by atoms with van der Waals surface area (Å²) in [6.45, 7) is 1.80. The van der Waals surface area contributed by atoms with Crippen LogP contribution in [-0.4, -0.2) is 34.5 Å². The van der Waals surface area contributed by atoms with Crippen molar-refractivity contribution in [1.29, 1.82) is 0 Å². The zero-order valence-electron chi connectivity index (χ0n) is 14.7. The van der Waals surface area contributed by atoms with Gasteiger partial charge in [0.1, 0.15) is 0 Å². The van der Waals surface area contributed by atoms with Gasteiger partial charge in [-0.1, -0.05) is 48.5 Å². The smallest absolute Gasteiger partial charge is 0.0618 e. The van der Waals surface area contributed by atoms with Gasteiger partial charge in [0.2, 0.25) is 0 Å². The largest absolute Gasteiger partial charge is 0.288 e. The highest BCUT2D eigenvalue weighted by Gasteiger charge is 2.24. The number of rotatable bonds is 0. The fourth-order valence-corrected chi connectivity index (χ4v) is 7.55. The summed E-state index contributed by atoms with van der Waals surface area (Å²) in [6.07, 6.45) is 4.45. The molecule has 6 heteroatoms. The maximum atomic E-state index is 4.73. The van der Waals surface area contributed by atoms with Gasteiger partial charge in [0.15, 0.2) is 0 Å². The van der Waals surface area contributed by atoms with E-state index in [1.54, 1.807) is 0 Å². The van der Waals surface area contributed by atoms with Crippen molar-refractivity contribution in [1.82, 2.24) is 10.0 Å². The second kappa shape index (κ2) is 7.10. The zero-order chi connectivity index (χ0) is 17.3. The molecule has 0 spiro atoms. The molecule has 0 radical (unpaired) electrons. The molecular weight excluding hydrogens is 358 g/mol. The summed E-state index contributed by atoms with van der Waals surface area (Å²) in [5.74, 6) is 4.44. The molecule has 0 fully saturated rings. The first kappa shape index (κ1) is 16.4. The maximum Gasteiger partial charge on any atom is 0.0618 e. The molecule has 2 unspecified atom stereocenters. The summed E-state index contributed by atoms with van der Waals surface area (Å²) in [6, 6.07) is 17.8. The Labute approximate surface area is 157 Å². The summed E-state index contributed by atoms with van der Waals surface area (Å²) >= 11 is 0. The summed E-state index contributed by atoms with van der Waals surface area (Å²) < 4.78 is 0. The van der Waals surface area contributed by atoms with Crippen molar-refractivity contribution in [2.24, 2.45) is 10.2 Å². The number of hydrogen-bond acceptors (Lipinski definition) is 4. The standard InChI is InChI=1S/C20H22N4P2/c1-2-6-18-10-24-16-26(14-22-24)12-20-8-4-3-7-19(20)11-25-13-21-23(15-25)9-17(18)5-1/h1-8,13-14H,9-12,15-16H2. The third-order valence-electron chi connectivity index (χ3n) is 5.14. The number of hydrazone groups is 2. The highest BCUT2D eigenvalue weighted by atomic mass is 31.1. The first-order chi connectivity index (χ1) is 12.8. The van der Waals surface area contributed by atoms with Crippen LogP contribution < -0.4 is 0 Å². The van der Waals surface area contributed by atoms with Gasteiger partial charge in [-0.05, 0) is 50.4 Å². The van der Waals surface area contributed by atoms with Gasteiger partial charge >= 0.3 is 0 Å². The average molecular weight is 380 g/mol. The molecule has 3 aliphatic rings. The molecule has 4 nitrogen and oxygen atoms in total. The average Bonchev–Trinajstić information content (AvgIpc) is 3.27. The minimum atomic E-state index is -0.190. The first-order valence-electron chi connectivity index (χ1n) is 9.03.